The molecule has 0 spiro atoms. The Bertz CT molecular complexity index is 369. The van der Waals surface area contributed by atoms with E-state index in [0.717, 1.165) is 0 Å². The van der Waals surface area contributed by atoms with Gasteiger partial charge in [0.1, 0.15) is 6.04 Å². The topological polar surface area (TPSA) is 113 Å². The van der Waals surface area contributed by atoms with Crippen molar-refractivity contribution in [3.63, 3.8) is 0 Å². The molecule has 0 aliphatic rings. The van der Waals surface area contributed by atoms with E-state index in [4.69, 9.17) is 5.73 Å². The van der Waals surface area contributed by atoms with Gasteiger partial charge in [-0.05, 0) is 18.3 Å². The zero-order chi connectivity index (χ0) is 16.6. The SMILES string of the molecule is CNC(=O)C(CC(C)C)NC(=O)CNC(=O)[C@@H](N)C(C)C. The minimum atomic E-state index is -0.650. The van der Waals surface area contributed by atoms with Gasteiger partial charge >= 0.3 is 0 Å². The highest BCUT2D eigenvalue weighted by Crippen LogP contribution is 2.04. The summed E-state index contributed by atoms with van der Waals surface area (Å²) in [5.74, 6) is -0.777. The monoisotopic (exact) mass is 300 g/mol. The van der Waals surface area contributed by atoms with E-state index >= 15 is 0 Å². The highest BCUT2D eigenvalue weighted by molar-refractivity contribution is 5.90. The normalized spacial score (nSPS) is 13.7. The second kappa shape index (κ2) is 9.33. The number of carbonyl (C=O) groups is 3. The molecule has 1 unspecified atom stereocenters. The lowest BCUT2D eigenvalue weighted by molar-refractivity contribution is -0.130. The lowest BCUT2D eigenvalue weighted by Gasteiger charge is -2.20. The third-order valence-electron chi connectivity index (χ3n) is 3.05. The van der Waals surface area contributed by atoms with Crippen molar-refractivity contribution in [2.24, 2.45) is 17.6 Å². The molecule has 0 aromatic rings. The van der Waals surface area contributed by atoms with Crippen LogP contribution < -0.4 is 21.7 Å². The maximum Gasteiger partial charge on any atom is 0.242 e. The average Bonchev–Trinajstić information content (AvgIpc) is 2.41. The molecule has 0 saturated carbocycles. The number of nitrogens with one attached hydrogen (secondary N) is 3. The molecule has 0 bridgehead atoms. The van der Waals surface area contributed by atoms with Gasteiger partial charge in [-0.15, -0.1) is 0 Å². The number of rotatable bonds is 8. The van der Waals surface area contributed by atoms with E-state index < -0.39 is 18.0 Å². The molecular weight excluding hydrogens is 272 g/mol. The molecule has 5 N–H and O–H groups in total. The molecule has 0 aromatic heterocycles. The van der Waals surface area contributed by atoms with E-state index in [-0.39, 0.29) is 30.2 Å². The zero-order valence-electron chi connectivity index (χ0n) is 13.5. The first kappa shape index (κ1) is 19.4. The van der Waals surface area contributed by atoms with Crippen molar-refractivity contribution in [3.8, 4) is 0 Å². The van der Waals surface area contributed by atoms with Crippen LogP contribution in [0.5, 0.6) is 0 Å². The first-order valence-corrected chi connectivity index (χ1v) is 7.23. The van der Waals surface area contributed by atoms with Gasteiger partial charge < -0.3 is 21.7 Å². The summed E-state index contributed by atoms with van der Waals surface area (Å²) in [6, 6.07) is -1.25. The molecule has 0 rings (SSSR count). The van der Waals surface area contributed by atoms with Crippen molar-refractivity contribution >= 4 is 17.7 Å². The van der Waals surface area contributed by atoms with Crippen molar-refractivity contribution in [1.29, 1.82) is 0 Å². The molecule has 7 nitrogen and oxygen atoms in total. The Balaban J connectivity index is 4.38. The van der Waals surface area contributed by atoms with Gasteiger partial charge in [0.05, 0.1) is 12.6 Å². The number of nitrogens with two attached hydrogens (primary N) is 1. The Kier molecular flexibility index (Phi) is 8.61. The van der Waals surface area contributed by atoms with Gasteiger partial charge in [-0.25, -0.2) is 0 Å². The van der Waals surface area contributed by atoms with Crippen LogP contribution in [0.2, 0.25) is 0 Å². The number of likely N-dealkylation sites (N-methyl/N-ethyl adjacent to an activating group) is 1. The molecule has 7 heteroatoms. The van der Waals surface area contributed by atoms with Crippen molar-refractivity contribution in [1.82, 2.24) is 16.0 Å². The maximum atomic E-state index is 11.8. The number of carbonyl (C=O) groups excluding carboxylic acids is 3. The lowest BCUT2D eigenvalue weighted by atomic mass is 10.0. The number of hydrogen-bond acceptors (Lipinski definition) is 4. The van der Waals surface area contributed by atoms with Gasteiger partial charge in [-0.3, -0.25) is 14.4 Å². The summed E-state index contributed by atoms with van der Waals surface area (Å²) in [7, 11) is 1.52. The molecule has 2 atom stereocenters. The quantitative estimate of drug-likeness (QED) is 0.477. The van der Waals surface area contributed by atoms with Gasteiger partial charge in [0, 0.05) is 7.05 Å². The van der Waals surface area contributed by atoms with E-state index in [9.17, 15) is 14.4 Å². The molecule has 0 fully saturated rings. The molecule has 0 aliphatic carbocycles. The van der Waals surface area contributed by atoms with E-state index in [2.05, 4.69) is 16.0 Å². The largest absolute Gasteiger partial charge is 0.357 e. The van der Waals surface area contributed by atoms with Crippen LogP contribution in [0, 0.1) is 11.8 Å². The predicted molar refractivity (Wildman–Crippen MR) is 81.3 cm³/mol. The summed E-state index contributed by atoms with van der Waals surface area (Å²) in [6.07, 6.45) is 0.533. The van der Waals surface area contributed by atoms with Crippen LogP contribution in [0.3, 0.4) is 0 Å². The Morgan fingerprint density at radius 3 is 2.05 bits per heavy atom. The van der Waals surface area contributed by atoms with Gasteiger partial charge in [0.2, 0.25) is 17.7 Å². The predicted octanol–water partition coefficient (Wildman–Crippen LogP) is -0.637. The summed E-state index contributed by atoms with van der Waals surface area (Å²) in [5, 5.41) is 7.60. The van der Waals surface area contributed by atoms with Crippen molar-refractivity contribution in [2.75, 3.05) is 13.6 Å². The van der Waals surface area contributed by atoms with Gasteiger partial charge in [0.25, 0.3) is 0 Å². The van der Waals surface area contributed by atoms with E-state index in [1.807, 2.05) is 27.7 Å². The zero-order valence-corrected chi connectivity index (χ0v) is 13.5. The summed E-state index contributed by atoms with van der Waals surface area (Å²) in [5.41, 5.74) is 5.68. The fourth-order valence-electron chi connectivity index (χ4n) is 1.71. The summed E-state index contributed by atoms with van der Waals surface area (Å²) >= 11 is 0. The molecule has 0 aliphatic heterocycles. The standard InChI is InChI=1S/C14H28N4O3/c1-8(2)6-10(13(20)16-5)18-11(19)7-17-14(21)12(15)9(3)4/h8-10,12H,6-7,15H2,1-5H3,(H,16,20)(H,17,21)(H,18,19)/t10?,12-/m0/s1. The van der Waals surface area contributed by atoms with Gasteiger partial charge in [-0.1, -0.05) is 27.7 Å². The van der Waals surface area contributed by atoms with E-state index in [0.29, 0.717) is 6.42 Å². The Labute approximate surface area is 126 Å². The summed E-state index contributed by atoms with van der Waals surface area (Å²) in [4.78, 5) is 35.1. The maximum absolute atomic E-state index is 11.8. The van der Waals surface area contributed by atoms with Crippen LogP contribution in [0.1, 0.15) is 34.1 Å². The second-order valence-electron chi connectivity index (χ2n) is 5.85. The molecule has 0 radical (unpaired) electrons. The molecule has 0 saturated heterocycles. The summed E-state index contributed by atoms with van der Waals surface area (Å²) < 4.78 is 0. The highest BCUT2D eigenvalue weighted by atomic mass is 16.2. The first-order valence-electron chi connectivity index (χ1n) is 7.23. The Hall–Kier alpha value is -1.63. The van der Waals surface area contributed by atoms with Crippen LogP contribution >= 0.6 is 0 Å². The van der Waals surface area contributed by atoms with Crippen LogP contribution in [-0.4, -0.2) is 43.4 Å². The lowest BCUT2D eigenvalue weighted by Crippen LogP contribution is -2.51. The third-order valence-corrected chi connectivity index (χ3v) is 3.05. The fraction of sp³-hybridized carbons (Fsp3) is 0.786. The molecule has 122 valence electrons. The molecule has 21 heavy (non-hydrogen) atoms. The number of hydrogen-bond donors (Lipinski definition) is 4. The van der Waals surface area contributed by atoms with Crippen LogP contribution in [0.4, 0.5) is 0 Å². The third kappa shape index (κ3) is 7.65. The fourth-order valence-corrected chi connectivity index (χ4v) is 1.71. The Morgan fingerprint density at radius 1 is 1.05 bits per heavy atom. The van der Waals surface area contributed by atoms with Crippen LogP contribution in [0.25, 0.3) is 0 Å². The second-order valence-corrected chi connectivity index (χ2v) is 5.85. The number of amides is 3. The van der Waals surface area contributed by atoms with Crippen molar-refractivity contribution in [3.05, 3.63) is 0 Å². The average molecular weight is 300 g/mol. The molecule has 3 amide bonds. The van der Waals surface area contributed by atoms with Crippen molar-refractivity contribution < 1.29 is 14.4 Å². The smallest absolute Gasteiger partial charge is 0.242 e. The first-order chi connectivity index (χ1) is 9.68. The van der Waals surface area contributed by atoms with Crippen LogP contribution in [-0.2, 0) is 14.4 Å². The van der Waals surface area contributed by atoms with E-state index in [1.165, 1.54) is 7.05 Å². The van der Waals surface area contributed by atoms with Gasteiger partial charge in [0.15, 0.2) is 0 Å². The molecule has 0 aromatic carbocycles. The minimum absolute atomic E-state index is 0.00683. The van der Waals surface area contributed by atoms with Gasteiger partial charge in [-0.2, -0.15) is 0 Å². The molecule has 0 heterocycles. The molecular formula is C14H28N4O3. The van der Waals surface area contributed by atoms with Crippen molar-refractivity contribution in [2.45, 2.75) is 46.2 Å². The highest BCUT2D eigenvalue weighted by Gasteiger charge is 2.22. The van der Waals surface area contributed by atoms with Crippen LogP contribution in [0.15, 0.2) is 0 Å². The van der Waals surface area contributed by atoms with E-state index in [1.54, 1.807) is 0 Å². The summed E-state index contributed by atoms with van der Waals surface area (Å²) in [6.45, 7) is 7.39. The Morgan fingerprint density at radius 2 is 1.62 bits per heavy atom. The minimum Gasteiger partial charge on any atom is -0.357 e.